The van der Waals surface area contributed by atoms with Gasteiger partial charge in [-0.15, -0.1) is 0 Å². The highest BCUT2D eigenvalue weighted by Crippen LogP contribution is 2.49. The van der Waals surface area contributed by atoms with Crippen molar-refractivity contribution in [3.8, 4) is 5.75 Å². The van der Waals surface area contributed by atoms with Gasteiger partial charge in [0.2, 0.25) is 0 Å². The van der Waals surface area contributed by atoms with Crippen molar-refractivity contribution in [2.24, 2.45) is 22.7 Å². The van der Waals surface area contributed by atoms with Crippen LogP contribution in [0.1, 0.15) is 34.3 Å². The molecule has 8 nitrogen and oxygen atoms in total. The van der Waals surface area contributed by atoms with Crippen molar-refractivity contribution in [1.29, 1.82) is 0 Å². The number of hydrogen-bond acceptors (Lipinski definition) is 9. The Labute approximate surface area is 234 Å². The van der Waals surface area contributed by atoms with E-state index in [2.05, 4.69) is 0 Å². The minimum atomic E-state index is -1.27. The van der Waals surface area contributed by atoms with Crippen molar-refractivity contribution < 1.29 is 33.4 Å². The molecule has 2 aromatic carbocycles. The van der Waals surface area contributed by atoms with Crippen LogP contribution in [0.2, 0.25) is 5.02 Å². The number of methoxy groups -OCH3 is 3. The van der Waals surface area contributed by atoms with Gasteiger partial charge in [-0.1, -0.05) is 53.7 Å². The molecule has 4 atom stereocenters. The Hall–Kier alpha value is -3.43. The molecule has 202 valence electrons. The molecule has 5 rings (SSSR count). The van der Waals surface area contributed by atoms with E-state index in [4.69, 9.17) is 30.8 Å². The molecule has 0 saturated carbocycles. The maximum atomic E-state index is 13.7. The van der Waals surface area contributed by atoms with Crippen molar-refractivity contribution in [2.45, 2.75) is 25.3 Å². The van der Waals surface area contributed by atoms with Crippen molar-refractivity contribution in [1.82, 2.24) is 0 Å². The molecule has 0 amide bonds. The second-order valence-electron chi connectivity index (χ2n) is 9.64. The van der Waals surface area contributed by atoms with Crippen LogP contribution in [-0.4, -0.2) is 55.9 Å². The molecule has 3 aliphatic rings. The lowest BCUT2D eigenvalue weighted by molar-refractivity contribution is -0.152. The molecule has 0 bridgehead atoms. The molecule has 0 spiro atoms. The molecule has 0 radical (unpaired) electrons. The first kappa shape index (κ1) is 27.1. The standard InChI is InChI=1S/C29H26ClNO7S/c1-36-20-10-9-18(30)16-11-14(13-19(32)21(16)20)12-17-22(28(34)37-2)25(33)23(29(35)38-3)26-24(17)31-27(39-26)15-7-5-4-6-8-15/h4-10,14,17,22,24H,11-13H2,1-3H3/t14-,17-,22+,24-/m1/s1. The Kier molecular flexibility index (Phi) is 7.64. The van der Waals surface area contributed by atoms with E-state index in [1.807, 2.05) is 30.3 Å². The smallest absolute Gasteiger partial charge is 0.342 e. The number of thioether (sulfide) groups is 1. The summed E-state index contributed by atoms with van der Waals surface area (Å²) < 4.78 is 15.4. The fourth-order valence-electron chi connectivity index (χ4n) is 5.76. The van der Waals surface area contributed by atoms with Crippen LogP contribution in [0.3, 0.4) is 0 Å². The number of Topliss-reactive ketones (excluding diaryl/α,β-unsaturated/α-hetero) is 2. The van der Waals surface area contributed by atoms with E-state index in [0.717, 1.165) is 5.56 Å². The van der Waals surface area contributed by atoms with Crippen LogP contribution in [0.25, 0.3) is 0 Å². The molecule has 0 unspecified atom stereocenters. The van der Waals surface area contributed by atoms with E-state index in [1.54, 1.807) is 12.1 Å². The number of benzene rings is 2. The van der Waals surface area contributed by atoms with Crippen LogP contribution < -0.4 is 4.74 Å². The molecule has 0 N–H and O–H groups in total. The van der Waals surface area contributed by atoms with Gasteiger partial charge in [0.15, 0.2) is 11.6 Å². The molecule has 10 heteroatoms. The normalized spacial score (nSPS) is 24.1. The summed E-state index contributed by atoms with van der Waals surface area (Å²) in [5, 5.41) is 1.10. The SMILES string of the molecule is COC(=O)C1=C2SC(c3ccccc3)=N[C@@H]2[C@H](C[C@@H]2CC(=O)c3c(OC)ccc(Cl)c3C2)[C@H](C(=O)OC)C1=O. The third-order valence-electron chi connectivity index (χ3n) is 7.49. The molecule has 2 aromatic rings. The molecular formula is C29H26ClNO7S. The average molecular weight is 568 g/mol. The summed E-state index contributed by atoms with van der Waals surface area (Å²) in [5.41, 5.74) is 1.82. The van der Waals surface area contributed by atoms with Gasteiger partial charge in [0, 0.05) is 27.8 Å². The summed E-state index contributed by atoms with van der Waals surface area (Å²) in [5.74, 6) is -3.98. The zero-order chi connectivity index (χ0) is 27.8. The van der Waals surface area contributed by atoms with E-state index in [1.165, 1.54) is 33.1 Å². The van der Waals surface area contributed by atoms with E-state index < -0.39 is 35.6 Å². The van der Waals surface area contributed by atoms with Crippen molar-refractivity contribution in [3.63, 3.8) is 0 Å². The third-order valence-corrected chi connectivity index (χ3v) is 9.05. The first-order chi connectivity index (χ1) is 18.8. The van der Waals surface area contributed by atoms with Crippen LogP contribution in [0, 0.1) is 17.8 Å². The van der Waals surface area contributed by atoms with Crippen LogP contribution in [0.4, 0.5) is 0 Å². The minimum Gasteiger partial charge on any atom is -0.496 e. The number of ketones is 2. The van der Waals surface area contributed by atoms with Crippen molar-refractivity contribution in [2.75, 3.05) is 21.3 Å². The lowest BCUT2D eigenvalue weighted by atomic mass is 9.69. The third kappa shape index (κ3) is 4.78. The Morgan fingerprint density at radius 1 is 1.03 bits per heavy atom. The lowest BCUT2D eigenvalue weighted by Crippen LogP contribution is -2.45. The zero-order valence-electron chi connectivity index (χ0n) is 21.6. The Morgan fingerprint density at radius 2 is 1.77 bits per heavy atom. The van der Waals surface area contributed by atoms with Crippen LogP contribution >= 0.6 is 23.4 Å². The summed E-state index contributed by atoms with van der Waals surface area (Å²) in [6.45, 7) is 0. The number of carbonyl (C=O) groups excluding carboxylic acids is 4. The Balaban J connectivity index is 1.58. The van der Waals surface area contributed by atoms with Gasteiger partial charge in [-0.2, -0.15) is 0 Å². The van der Waals surface area contributed by atoms with Crippen molar-refractivity contribution >= 4 is 51.9 Å². The number of fused-ring (bicyclic) bond motifs is 2. The second-order valence-corrected chi connectivity index (χ2v) is 11.1. The summed E-state index contributed by atoms with van der Waals surface area (Å²) in [4.78, 5) is 58.2. The fraction of sp³-hybridized carbons (Fsp3) is 0.345. The summed E-state index contributed by atoms with van der Waals surface area (Å²) in [6.07, 6.45) is 0.979. The number of rotatable bonds is 6. The van der Waals surface area contributed by atoms with Crippen molar-refractivity contribution in [3.05, 3.63) is 74.7 Å². The second kappa shape index (κ2) is 11.0. The first-order valence-corrected chi connectivity index (χ1v) is 13.6. The maximum Gasteiger partial charge on any atom is 0.342 e. The molecule has 2 aliphatic carbocycles. The predicted octanol–water partition coefficient (Wildman–Crippen LogP) is 4.46. The fourth-order valence-corrected chi connectivity index (χ4v) is 7.26. The van der Waals surface area contributed by atoms with E-state index >= 15 is 0 Å². The Bertz CT molecular complexity index is 1430. The maximum absolute atomic E-state index is 13.7. The average Bonchev–Trinajstić information content (AvgIpc) is 3.38. The Morgan fingerprint density at radius 3 is 2.44 bits per heavy atom. The van der Waals surface area contributed by atoms with Gasteiger partial charge in [-0.05, 0) is 36.5 Å². The topological polar surface area (TPSA) is 108 Å². The number of esters is 2. The number of halogens is 1. The van der Waals surface area contributed by atoms with Crippen LogP contribution in [-0.2, 0) is 30.3 Å². The first-order valence-electron chi connectivity index (χ1n) is 12.4. The highest BCUT2D eigenvalue weighted by atomic mass is 35.5. The quantitative estimate of drug-likeness (QED) is 0.286. The van der Waals surface area contributed by atoms with E-state index in [-0.39, 0.29) is 23.7 Å². The number of carbonyl (C=O) groups is 4. The lowest BCUT2D eigenvalue weighted by Gasteiger charge is -2.36. The monoisotopic (exact) mass is 567 g/mol. The summed E-state index contributed by atoms with van der Waals surface area (Å²) in [7, 11) is 3.90. The van der Waals surface area contributed by atoms with Gasteiger partial charge < -0.3 is 14.2 Å². The molecule has 0 fully saturated rings. The zero-order valence-corrected chi connectivity index (χ0v) is 23.1. The molecule has 0 aromatic heterocycles. The molecule has 0 saturated heterocycles. The van der Waals surface area contributed by atoms with Crippen LogP contribution in [0.15, 0.2) is 57.9 Å². The van der Waals surface area contributed by atoms with Gasteiger partial charge >= 0.3 is 11.9 Å². The van der Waals surface area contributed by atoms with E-state index in [9.17, 15) is 19.2 Å². The van der Waals surface area contributed by atoms with Gasteiger partial charge in [0.05, 0.1) is 32.9 Å². The van der Waals surface area contributed by atoms with Gasteiger partial charge in [-0.3, -0.25) is 19.4 Å². The highest BCUT2D eigenvalue weighted by Gasteiger charge is 2.53. The van der Waals surface area contributed by atoms with E-state index in [0.29, 0.717) is 44.7 Å². The number of nitrogens with zero attached hydrogens (tertiary/aromatic N) is 1. The van der Waals surface area contributed by atoms with Crippen LogP contribution in [0.5, 0.6) is 5.75 Å². The molecule has 1 heterocycles. The largest absolute Gasteiger partial charge is 0.496 e. The predicted molar refractivity (Wildman–Crippen MR) is 146 cm³/mol. The number of hydrogen-bond donors (Lipinski definition) is 0. The van der Waals surface area contributed by atoms with Gasteiger partial charge in [-0.25, -0.2) is 4.79 Å². The molecular weight excluding hydrogens is 542 g/mol. The van der Waals surface area contributed by atoms with Gasteiger partial charge in [0.1, 0.15) is 22.3 Å². The number of aliphatic imine (C=N–C) groups is 1. The minimum absolute atomic E-state index is 0.113. The highest BCUT2D eigenvalue weighted by molar-refractivity contribution is 8.18. The molecule has 1 aliphatic heterocycles. The summed E-state index contributed by atoms with van der Waals surface area (Å²) >= 11 is 7.73. The summed E-state index contributed by atoms with van der Waals surface area (Å²) in [6, 6.07) is 12.1. The molecule has 39 heavy (non-hydrogen) atoms. The van der Waals surface area contributed by atoms with Gasteiger partial charge in [0.25, 0.3) is 0 Å². The number of ether oxygens (including phenoxy) is 3.